The van der Waals surface area contributed by atoms with E-state index < -0.39 is 6.61 Å². The molecule has 1 saturated heterocycles. The van der Waals surface area contributed by atoms with E-state index in [2.05, 4.69) is 29.7 Å². The highest BCUT2D eigenvalue weighted by molar-refractivity contribution is 6.30. The van der Waals surface area contributed by atoms with Crippen LogP contribution in [0.2, 0.25) is 0 Å². The Bertz CT molecular complexity index is 1470. The molecule has 9 heteroatoms. The summed E-state index contributed by atoms with van der Waals surface area (Å²) in [6.07, 6.45) is 2.59. The van der Waals surface area contributed by atoms with Gasteiger partial charge in [-0.1, -0.05) is 29.8 Å². The van der Waals surface area contributed by atoms with Gasteiger partial charge in [0, 0.05) is 29.8 Å². The van der Waals surface area contributed by atoms with Crippen molar-refractivity contribution in [3.63, 3.8) is 0 Å². The first kappa shape index (κ1) is 28.4. The van der Waals surface area contributed by atoms with Gasteiger partial charge in [0.15, 0.2) is 23.0 Å². The molecule has 2 aliphatic heterocycles. The van der Waals surface area contributed by atoms with Crippen molar-refractivity contribution < 1.29 is 32.5 Å². The van der Waals surface area contributed by atoms with Crippen molar-refractivity contribution in [1.29, 1.82) is 0 Å². The van der Waals surface area contributed by atoms with Crippen LogP contribution in [0.25, 0.3) is 11.6 Å². The third-order valence-electron chi connectivity index (χ3n) is 7.81. The topological polar surface area (TPSA) is 60.5 Å². The van der Waals surface area contributed by atoms with Gasteiger partial charge in [0.05, 0.1) is 21.3 Å². The lowest BCUT2D eigenvalue weighted by atomic mass is 9.88. The molecule has 0 aromatic heterocycles. The Labute approximate surface area is 238 Å². The lowest BCUT2D eigenvalue weighted by Crippen LogP contribution is -2.47. The molecule has 2 heterocycles. The zero-order valence-electron chi connectivity index (χ0n) is 23.8. The predicted molar refractivity (Wildman–Crippen MR) is 154 cm³/mol. The number of carbonyl (C=O) groups is 1. The zero-order valence-corrected chi connectivity index (χ0v) is 23.8. The number of halogens is 2. The minimum Gasteiger partial charge on any atom is -0.493 e. The molecule has 41 heavy (non-hydrogen) atoms. The maximum Gasteiger partial charge on any atom is 0.387 e. The summed E-state index contributed by atoms with van der Waals surface area (Å²) in [6.45, 7) is 0.825. The van der Waals surface area contributed by atoms with E-state index in [4.69, 9.17) is 14.2 Å². The first-order valence-corrected chi connectivity index (χ1v) is 13.4. The van der Waals surface area contributed by atoms with Crippen LogP contribution in [0.5, 0.6) is 23.0 Å². The van der Waals surface area contributed by atoms with Gasteiger partial charge in [-0.05, 0) is 80.0 Å². The summed E-state index contributed by atoms with van der Waals surface area (Å²) in [7, 11) is 6.59. The molecule has 0 N–H and O–H groups in total. The second-order valence-electron chi connectivity index (χ2n) is 10.4. The Morgan fingerprint density at radius 3 is 2.34 bits per heavy atom. The van der Waals surface area contributed by atoms with E-state index in [9.17, 15) is 13.6 Å². The number of fused-ring (bicyclic) bond motifs is 3. The molecular formula is C32H34F2N2O5. The molecule has 0 aliphatic carbocycles. The van der Waals surface area contributed by atoms with Crippen LogP contribution in [-0.4, -0.2) is 64.9 Å². The number of ether oxygens (including phenoxy) is 4. The molecule has 5 rings (SSSR count). The molecule has 0 saturated carbocycles. The van der Waals surface area contributed by atoms with Crippen molar-refractivity contribution in [2.24, 2.45) is 0 Å². The van der Waals surface area contributed by atoms with Crippen molar-refractivity contribution in [3.05, 3.63) is 76.9 Å². The van der Waals surface area contributed by atoms with E-state index in [1.54, 1.807) is 44.6 Å². The minimum atomic E-state index is -2.99. The quantitative estimate of drug-likeness (QED) is 0.247. The summed E-state index contributed by atoms with van der Waals surface area (Å²) in [6, 6.07) is 16.2. The third kappa shape index (κ3) is 5.59. The molecule has 2 aliphatic rings. The molecular weight excluding hydrogens is 530 g/mol. The van der Waals surface area contributed by atoms with Gasteiger partial charge in [0.25, 0.3) is 5.91 Å². The number of methoxy groups -OCH3 is 3. The summed E-state index contributed by atoms with van der Waals surface area (Å²) < 4.78 is 46.7. The van der Waals surface area contributed by atoms with E-state index >= 15 is 0 Å². The second kappa shape index (κ2) is 11.8. The molecule has 3 aromatic rings. The van der Waals surface area contributed by atoms with Gasteiger partial charge in [-0.2, -0.15) is 8.78 Å². The average Bonchev–Trinajstić information content (AvgIpc) is 3.28. The highest BCUT2D eigenvalue weighted by Crippen LogP contribution is 2.46. The summed E-state index contributed by atoms with van der Waals surface area (Å²) in [4.78, 5) is 18.9. The largest absolute Gasteiger partial charge is 0.493 e. The van der Waals surface area contributed by atoms with Crippen molar-refractivity contribution in [3.8, 4) is 23.0 Å². The van der Waals surface area contributed by atoms with Crippen molar-refractivity contribution in [1.82, 2.24) is 4.90 Å². The number of likely N-dealkylation sites (tertiary alicyclic amines) is 1. The molecule has 216 valence electrons. The van der Waals surface area contributed by atoms with Crippen LogP contribution in [-0.2, 0) is 4.79 Å². The number of nitrogens with zero attached hydrogens (tertiary/aromatic N) is 2. The van der Waals surface area contributed by atoms with Crippen LogP contribution >= 0.6 is 0 Å². The SMILES string of the molecule is COc1ccc(C(=Cc2ccc(OC(F)F)c(OC)c2)C(=O)N2c3ccc(C)cc3C3CN(C)CCC32)cc1OC. The van der Waals surface area contributed by atoms with Crippen LogP contribution in [0.1, 0.15) is 34.6 Å². The molecule has 0 spiro atoms. The van der Waals surface area contributed by atoms with E-state index in [1.165, 1.54) is 18.7 Å². The van der Waals surface area contributed by atoms with Gasteiger partial charge in [0.2, 0.25) is 0 Å². The van der Waals surface area contributed by atoms with E-state index in [0.29, 0.717) is 28.2 Å². The predicted octanol–water partition coefficient (Wildman–Crippen LogP) is 6.00. The molecule has 1 fully saturated rings. The van der Waals surface area contributed by atoms with Gasteiger partial charge < -0.3 is 28.7 Å². The standard InChI is InChI=1S/C32H34F2N2O5/c1-19-6-9-25-23(14-19)24-18-35(2)13-12-26(24)36(25)31(37)22(21-8-11-27(38-3)30(17-21)40-5)15-20-7-10-28(41-32(33)34)29(16-20)39-4/h6-11,14-17,24,26,32H,12-13,18H2,1-5H3. The number of anilines is 1. The van der Waals surface area contributed by atoms with Crippen LogP contribution < -0.4 is 23.8 Å². The number of hydrogen-bond acceptors (Lipinski definition) is 6. The van der Waals surface area contributed by atoms with Gasteiger partial charge in [-0.25, -0.2) is 0 Å². The number of likely N-dealkylation sites (N-methyl/N-ethyl adjacent to an activating group) is 1. The van der Waals surface area contributed by atoms with Gasteiger partial charge in [-0.3, -0.25) is 4.79 Å². The van der Waals surface area contributed by atoms with E-state index in [0.717, 1.165) is 30.8 Å². The Balaban J connectivity index is 1.64. The summed E-state index contributed by atoms with van der Waals surface area (Å²) in [5, 5.41) is 0. The van der Waals surface area contributed by atoms with Gasteiger partial charge in [0.1, 0.15) is 0 Å². The fourth-order valence-electron chi connectivity index (χ4n) is 5.88. The Morgan fingerprint density at radius 1 is 0.927 bits per heavy atom. The number of carbonyl (C=O) groups excluding carboxylic acids is 1. The Morgan fingerprint density at radius 2 is 1.63 bits per heavy atom. The van der Waals surface area contributed by atoms with Crippen LogP contribution in [0.3, 0.4) is 0 Å². The summed E-state index contributed by atoms with van der Waals surface area (Å²) >= 11 is 0. The lowest BCUT2D eigenvalue weighted by molar-refractivity contribution is -0.113. The van der Waals surface area contributed by atoms with Crippen LogP contribution in [0.15, 0.2) is 54.6 Å². The molecule has 2 atom stereocenters. The lowest BCUT2D eigenvalue weighted by Gasteiger charge is -2.36. The zero-order chi connectivity index (χ0) is 29.3. The van der Waals surface area contributed by atoms with E-state index in [-0.39, 0.29) is 29.4 Å². The number of amides is 1. The molecule has 0 radical (unpaired) electrons. The molecule has 0 bridgehead atoms. The average molecular weight is 565 g/mol. The molecule has 3 aromatic carbocycles. The molecule has 1 amide bonds. The van der Waals surface area contributed by atoms with Crippen LogP contribution in [0.4, 0.5) is 14.5 Å². The van der Waals surface area contributed by atoms with Crippen LogP contribution in [0, 0.1) is 6.92 Å². The smallest absolute Gasteiger partial charge is 0.387 e. The Kier molecular flexibility index (Phi) is 8.17. The molecule has 7 nitrogen and oxygen atoms in total. The number of alkyl halides is 2. The van der Waals surface area contributed by atoms with Crippen molar-refractivity contribution in [2.75, 3.05) is 46.4 Å². The number of hydrogen-bond donors (Lipinski definition) is 0. The first-order valence-electron chi connectivity index (χ1n) is 13.4. The highest BCUT2D eigenvalue weighted by Gasteiger charge is 2.44. The number of piperidine rings is 1. The highest BCUT2D eigenvalue weighted by atomic mass is 19.3. The Hall–Kier alpha value is -4.11. The minimum absolute atomic E-state index is 0.00963. The first-order chi connectivity index (χ1) is 19.7. The van der Waals surface area contributed by atoms with E-state index in [1.807, 2.05) is 23.1 Å². The second-order valence-corrected chi connectivity index (χ2v) is 10.4. The summed E-state index contributed by atoms with van der Waals surface area (Å²) in [5.74, 6) is 1.11. The maximum atomic E-state index is 14.7. The summed E-state index contributed by atoms with van der Waals surface area (Å²) in [5.41, 5.74) is 4.88. The molecule has 2 unspecified atom stereocenters. The monoisotopic (exact) mass is 564 g/mol. The maximum absolute atomic E-state index is 14.7. The number of benzene rings is 3. The van der Waals surface area contributed by atoms with Crippen molar-refractivity contribution in [2.45, 2.75) is 31.9 Å². The number of aryl methyl sites for hydroxylation is 1. The normalized spacial score (nSPS) is 18.6. The van der Waals surface area contributed by atoms with Gasteiger partial charge >= 0.3 is 6.61 Å². The fraction of sp³-hybridized carbons (Fsp3) is 0.344. The van der Waals surface area contributed by atoms with Gasteiger partial charge in [-0.15, -0.1) is 0 Å². The number of rotatable bonds is 8. The van der Waals surface area contributed by atoms with Crippen molar-refractivity contribution >= 4 is 23.2 Å². The third-order valence-corrected chi connectivity index (χ3v) is 7.81. The fourth-order valence-corrected chi connectivity index (χ4v) is 5.88.